The molecule has 0 aliphatic carbocycles. The van der Waals surface area contributed by atoms with Crippen molar-refractivity contribution in [2.75, 3.05) is 26.2 Å². The second-order valence-corrected chi connectivity index (χ2v) is 7.75. The predicted octanol–water partition coefficient (Wildman–Crippen LogP) is 3.09. The molecule has 2 heterocycles. The number of H-pyrrole nitrogens is 1. The number of amides is 2. The number of aryl methyl sites for hydroxylation is 1. The zero-order valence-electron chi connectivity index (χ0n) is 17.7. The summed E-state index contributed by atoms with van der Waals surface area (Å²) in [6, 6.07) is 11.3. The highest BCUT2D eigenvalue weighted by atomic mass is 19.4. The Balaban J connectivity index is 1.43. The van der Waals surface area contributed by atoms with E-state index in [1.807, 2.05) is 0 Å². The molecule has 0 spiro atoms. The van der Waals surface area contributed by atoms with Gasteiger partial charge in [-0.15, -0.1) is 0 Å². The third-order valence-electron chi connectivity index (χ3n) is 5.65. The van der Waals surface area contributed by atoms with Crippen LogP contribution in [0.5, 0.6) is 0 Å². The number of hydrogen-bond donors (Lipinski definition) is 1. The van der Waals surface area contributed by atoms with Crippen molar-refractivity contribution in [2.24, 2.45) is 0 Å². The Morgan fingerprint density at radius 3 is 2.00 bits per heavy atom. The van der Waals surface area contributed by atoms with E-state index in [2.05, 4.69) is 4.98 Å². The van der Waals surface area contributed by atoms with Crippen LogP contribution in [-0.2, 0) is 6.18 Å². The minimum atomic E-state index is -4.62. The van der Waals surface area contributed by atoms with Gasteiger partial charge in [0, 0.05) is 43.6 Å². The van der Waals surface area contributed by atoms with Crippen molar-refractivity contribution in [2.45, 2.75) is 13.1 Å². The van der Waals surface area contributed by atoms with Gasteiger partial charge < -0.3 is 14.8 Å². The molecule has 10 heteroatoms. The molecule has 2 aromatic carbocycles. The molecule has 1 aliphatic heterocycles. The summed E-state index contributed by atoms with van der Waals surface area (Å²) in [6.45, 7) is 2.46. The number of benzene rings is 2. The molecular formula is C23H21F3N4O3. The lowest BCUT2D eigenvalue weighted by Gasteiger charge is -2.35. The van der Waals surface area contributed by atoms with Crippen LogP contribution in [0, 0.1) is 6.92 Å². The molecule has 2 amide bonds. The lowest BCUT2D eigenvalue weighted by atomic mass is 10.1. The van der Waals surface area contributed by atoms with E-state index in [1.165, 1.54) is 27.7 Å². The van der Waals surface area contributed by atoms with Gasteiger partial charge in [-0.2, -0.15) is 13.2 Å². The molecule has 3 aromatic rings. The molecule has 7 nitrogen and oxygen atoms in total. The fraction of sp³-hybridized carbons (Fsp3) is 0.261. The smallest absolute Gasteiger partial charge is 0.335 e. The van der Waals surface area contributed by atoms with E-state index < -0.39 is 23.2 Å². The van der Waals surface area contributed by atoms with E-state index in [-0.39, 0.29) is 37.8 Å². The maximum Gasteiger partial charge on any atom is 0.417 e. The van der Waals surface area contributed by atoms with E-state index in [1.54, 1.807) is 42.3 Å². The number of piperazine rings is 1. The van der Waals surface area contributed by atoms with Crippen LogP contribution in [0.1, 0.15) is 32.0 Å². The molecule has 0 radical (unpaired) electrons. The van der Waals surface area contributed by atoms with E-state index in [0.29, 0.717) is 11.3 Å². The average molecular weight is 458 g/mol. The van der Waals surface area contributed by atoms with Gasteiger partial charge in [-0.05, 0) is 43.3 Å². The number of rotatable bonds is 3. The van der Waals surface area contributed by atoms with Gasteiger partial charge >= 0.3 is 11.9 Å². The van der Waals surface area contributed by atoms with Crippen molar-refractivity contribution in [1.29, 1.82) is 0 Å². The van der Waals surface area contributed by atoms with E-state index in [9.17, 15) is 27.6 Å². The number of hydrogen-bond acceptors (Lipinski definition) is 3. The molecule has 172 valence electrons. The van der Waals surface area contributed by atoms with Gasteiger partial charge in [0.05, 0.1) is 16.8 Å². The zero-order valence-corrected chi connectivity index (χ0v) is 17.7. The number of aromatic nitrogens is 2. The normalized spacial score (nSPS) is 14.4. The number of carbonyl (C=O) groups is 2. The standard InChI is InChI=1S/C23H21F3N4O3/c1-15-14-27-22(33)30(15)17-8-6-16(7-9-17)20(31)28-10-12-29(13-11-28)21(32)18-4-2-3-5-19(18)23(24,25)26/h2-9,14H,10-13H2,1H3,(H,27,33). The molecule has 1 N–H and O–H groups in total. The molecule has 1 aliphatic rings. The minimum absolute atomic E-state index is 0.132. The SMILES string of the molecule is Cc1c[nH]c(=O)n1-c1ccc(C(=O)N2CCN(C(=O)c3ccccc3C(F)(F)F)CC2)cc1. The number of aromatic amines is 1. The Kier molecular flexibility index (Phi) is 5.84. The number of nitrogens with zero attached hydrogens (tertiary/aromatic N) is 3. The third-order valence-corrected chi connectivity index (χ3v) is 5.65. The number of nitrogens with one attached hydrogen (secondary N) is 1. The van der Waals surface area contributed by atoms with Crippen molar-refractivity contribution >= 4 is 11.8 Å². The summed E-state index contributed by atoms with van der Waals surface area (Å²) in [5, 5.41) is 0. The van der Waals surface area contributed by atoms with Crippen LogP contribution in [-0.4, -0.2) is 57.3 Å². The molecule has 0 unspecified atom stereocenters. The maximum atomic E-state index is 13.2. The lowest BCUT2D eigenvalue weighted by molar-refractivity contribution is -0.138. The highest BCUT2D eigenvalue weighted by Crippen LogP contribution is 2.32. The van der Waals surface area contributed by atoms with E-state index in [4.69, 9.17) is 0 Å². The van der Waals surface area contributed by atoms with Gasteiger partial charge in [0.2, 0.25) is 0 Å². The van der Waals surface area contributed by atoms with Gasteiger partial charge in [0.25, 0.3) is 11.8 Å². The molecule has 1 fully saturated rings. The maximum absolute atomic E-state index is 13.2. The van der Waals surface area contributed by atoms with Crippen LogP contribution < -0.4 is 5.69 Å². The summed E-state index contributed by atoms with van der Waals surface area (Å²) in [5.41, 5.74) is 0.128. The van der Waals surface area contributed by atoms with Crippen LogP contribution in [0.2, 0.25) is 0 Å². The Labute approximate surface area is 187 Å². The van der Waals surface area contributed by atoms with Crippen molar-refractivity contribution in [3.63, 3.8) is 0 Å². The second-order valence-electron chi connectivity index (χ2n) is 7.75. The van der Waals surface area contributed by atoms with Gasteiger partial charge in [0.1, 0.15) is 0 Å². The first-order valence-corrected chi connectivity index (χ1v) is 10.3. The largest absolute Gasteiger partial charge is 0.417 e. The fourth-order valence-electron chi connectivity index (χ4n) is 3.91. The number of carbonyl (C=O) groups excluding carboxylic acids is 2. The number of alkyl halides is 3. The van der Waals surface area contributed by atoms with Crippen molar-refractivity contribution in [3.05, 3.63) is 87.6 Å². The first kappa shape index (κ1) is 22.4. The number of imidazole rings is 1. The average Bonchev–Trinajstić information content (AvgIpc) is 3.15. The third kappa shape index (κ3) is 4.41. The summed E-state index contributed by atoms with van der Waals surface area (Å²) < 4.78 is 41.2. The highest BCUT2D eigenvalue weighted by Gasteiger charge is 2.36. The molecule has 1 aromatic heterocycles. The summed E-state index contributed by atoms with van der Waals surface area (Å²) in [6.07, 6.45) is -3.03. The molecule has 0 atom stereocenters. The van der Waals surface area contributed by atoms with Crippen LogP contribution in [0.15, 0.2) is 59.5 Å². The van der Waals surface area contributed by atoms with Gasteiger partial charge in [-0.1, -0.05) is 12.1 Å². The first-order chi connectivity index (χ1) is 15.7. The van der Waals surface area contributed by atoms with E-state index >= 15 is 0 Å². The summed E-state index contributed by atoms with van der Waals surface area (Å²) >= 11 is 0. The van der Waals surface area contributed by atoms with Gasteiger partial charge in [0.15, 0.2) is 0 Å². The van der Waals surface area contributed by atoms with Crippen molar-refractivity contribution < 1.29 is 22.8 Å². The minimum Gasteiger partial charge on any atom is -0.335 e. The van der Waals surface area contributed by atoms with Gasteiger partial charge in [-0.25, -0.2) is 4.79 Å². The Morgan fingerprint density at radius 2 is 1.45 bits per heavy atom. The first-order valence-electron chi connectivity index (χ1n) is 10.3. The monoisotopic (exact) mass is 458 g/mol. The van der Waals surface area contributed by atoms with Gasteiger partial charge in [-0.3, -0.25) is 14.2 Å². The molecule has 4 rings (SSSR count). The molecule has 0 bridgehead atoms. The van der Waals surface area contributed by atoms with Crippen LogP contribution in [0.3, 0.4) is 0 Å². The van der Waals surface area contributed by atoms with Crippen LogP contribution >= 0.6 is 0 Å². The highest BCUT2D eigenvalue weighted by molar-refractivity contribution is 5.97. The summed E-state index contributed by atoms with van der Waals surface area (Å²) in [4.78, 5) is 43.0. The predicted molar refractivity (Wildman–Crippen MR) is 114 cm³/mol. The molecular weight excluding hydrogens is 437 g/mol. The Bertz CT molecular complexity index is 1240. The van der Waals surface area contributed by atoms with Crippen LogP contribution in [0.25, 0.3) is 5.69 Å². The zero-order chi connectivity index (χ0) is 23.8. The molecule has 0 saturated carbocycles. The summed E-state index contributed by atoms with van der Waals surface area (Å²) in [5.74, 6) is -0.950. The fourth-order valence-corrected chi connectivity index (χ4v) is 3.91. The Hall–Kier alpha value is -3.82. The topological polar surface area (TPSA) is 78.4 Å². The molecule has 1 saturated heterocycles. The van der Waals surface area contributed by atoms with Crippen molar-refractivity contribution in [3.8, 4) is 5.69 Å². The van der Waals surface area contributed by atoms with E-state index in [0.717, 1.165) is 11.8 Å². The van der Waals surface area contributed by atoms with Crippen LogP contribution in [0.4, 0.5) is 13.2 Å². The second kappa shape index (κ2) is 8.61. The number of halogens is 3. The Morgan fingerprint density at radius 1 is 0.879 bits per heavy atom. The molecule has 33 heavy (non-hydrogen) atoms. The van der Waals surface area contributed by atoms with Crippen molar-refractivity contribution in [1.82, 2.24) is 19.4 Å². The quantitative estimate of drug-likeness (QED) is 0.655. The lowest BCUT2D eigenvalue weighted by Crippen LogP contribution is -2.50. The summed E-state index contributed by atoms with van der Waals surface area (Å²) in [7, 11) is 0.